The van der Waals surface area contributed by atoms with Crippen LogP contribution in [-0.4, -0.2) is 26.5 Å². The van der Waals surface area contributed by atoms with E-state index in [2.05, 4.69) is 0 Å². The van der Waals surface area contributed by atoms with Crippen molar-refractivity contribution in [1.29, 1.82) is 0 Å². The molecule has 2 atom stereocenters. The van der Waals surface area contributed by atoms with Crippen molar-refractivity contribution in [3.05, 3.63) is 52.6 Å². The second-order valence-electron chi connectivity index (χ2n) is 5.69. The standard InChI is InChI=1S/C16H12F3NO4/c17-16(18,19)8-2-1-3-9(5-8)20-14(22)11-10-4-7(6-21)13(24-10)12(11)15(20)23/h1-5,10,13,21-23H,6H2. The molecular formula is C16H12F3NO4. The predicted molar refractivity (Wildman–Crippen MR) is 75.8 cm³/mol. The quantitative estimate of drug-likeness (QED) is 0.736. The highest BCUT2D eigenvalue weighted by atomic mass is 19.4. The Bertz CT molecular complexity index is 869. The van der Waals surface area contributed by atoms with Crippen molar-refractivity contribution in [2.75, 3.05) is 6.61 Å². The Morgan fingerprint density at radius 1 is 1.12 bits per heavy atom. The third-order valence-corrected chi connectivity index (χ3v) is 4.34. The molecule has 0 spiro atoms. The number of rotatable bonds is 2. The van der Waals surface area contributed by atoms with Crippen LogP contribution in [0, 0.1) is 0 Å². The molecule has 4 rings (SSSR count). The summed E-state index contributed by atoms with van der Waals surface area (Å²) in [5.74, 6) is -0.768. The van der Waals surface area contributed by atoms with Gasteiger partial charge in [0.2, 0.25) is 11.8 Å². The van der Waals surface area contributed by atoms with Gasteiger partial charge in [0, 0.05) is 0 Å². The van der Waals surface area contributed by atoms with Gasteiger partial charge in [-0.2, -0.15) is 13.2 Å². The number of hydrogen-bond acceptors (Lipinski definition) is 4. The average Bonchev–Trinajstić information content (AvgIpc) is 3.18. The number of nitrogens with zero attached hydrogens (tertiary/aromatic N) is 1. The van der Waals surface area contributed by atoms with Gasteiger partial charge in [-0.1, -0.05) is 6.07 Å². The lowest BCUT2D eigenvalue weighted by Crippen LogP contribution is -2.06. The van der Waals surface area contributed by atoms with Gasteiger partial charge in [0.25, 0.3) is 0 Å². The fourth-order valence-corrected chi connectivity index (χ4v) is 3.28. The Morgan fingerprint density at radius 3 is 2.50 bits per heavy atom. The van der Waals surface area contributed by atoms with Crippen LogP contribution in [0.4, 0.5) is 13.2 Å². The first kappa shape index (κ1) is 15.1. The minimum Gasteiger partial charge on any atom is -0.494 e. The lowest BCUT2D eigenvalue weighted by atomic mass is 9.95. The normalized spacial score (nSPS) is 21.9. The zero-order chi connectivity index (χ0) is 17.2. The maximum atomic E-state index is 12.9. The van der Waals surface area contributed by atoms with Crippen molar-refractivity contribution in [2.24, 2.45) is 0 Å². The largest absolute Gasteiger partial charge is 0.494 e. The monoisotopic (exact) mass is 339 g/mol. The Balaban J connectivity index is 1.86. The molecule has 2 aliphatic rings. The van der Waals surface area contributed by atoms with Gasteiger partial charge in [0.15, 0.2) is 0 Å². The molecule has 1 aromatic carbocycles. The molecule has 0 fully saturated rings. The summed E-state index contributed by atoms with van der Waals surface area (Å²) in [6.07, 6.45) is -4.24. The topological polar surface area (TPSA) is 74.8 Å². The van der Waals surface area contributed by atoms with Crippen molar-refractivity contribution in [2.45, 2.75) is 18.4 Å². The predicted octanol–water partition coefficient (Wildman–Crippen LogP) is 2.95. The number of hydrogen-bond donors (Lipinski definition) is 3. The fraction of sp³-hybridized carbons (Fsp3) is 0.250. The van der Waals surface area contributed by atoms with Crippen molar-refractivity contribution < 1.29 is 33.2 Å². The van der Waals surface area contributed by atoms with Crippen LogP contribution in [0.5, 0.6) is 11.8 Å². The third-order valence-electron chi connectivity index (χ3n) is 4.34. The van der Waals surface area contributed by atoms with Crippen LogP contribution in [0.2, 0.25) is 0 Å². The van der Waals surface area contributed by atoms with E-state index in [4.69, 9.17) is 4.74 Å². The summed E-state index contributed by atoms with van der Waals surface area (Å²) in [6.45, 7) is -0.268. The van der Waals surface area contributed by atoms with Gasteiger partial charge in [-0.3, -0.25) is 4.57 Å². The summed E-state index contributed by atoms with van der Waals surface area (Å²) in [7, 11) is 0. The zero-order valence-corrected chi connectivity index (χ0v) is 12.1. The molecule has 3 N–H and O–H groups in total. The van der Waals surface area contributed by atoms with Crippen LogP contribution in [0.15, 0.2) is 35.9 Å². The fourth-order valence-electron chi connectivity index (χ4n) is 3.28. The molecule has 2 bridgehead atoms. The summed E-state index contributed by atoms with van der Waals surface area (Å²) in [5.41, 5.74) is 0.234. The lowest BCUT2D eigenvalue weighted by molar-refractivity contribution is -0.137. The van der Waals surface area contributed by atoms with Crippen molar-refractivity contribution >= 4 is 0 Å². The first-order valence-electron chi connectivity index (χ1n) is 7.14. The van der Waals surface area contributed by atoms with E-state index >= 15 is 0 Å². The molecule has 126 valence electrons. The molecule has 3 heterocycles. The van der Waals surface area contributed by atoms with Gasteiger partial charge >= 0.3 is 6.18 Å². The van der Waals surface area contributed by atoms with Crippen molar-refractivity contribution in [3.63, 3.8) is 0 Å². The number of fused-ring (bicyclic) bond motifs is 5. The highest BCUT2D eigenvalue weighted by Gasteiger charge is 2.46. The van der Waals surface area contributed by atoms with Gasteiger partial charge < -0.3 is 20.1 Å². The molecule has 2 aromatic rings. The Kier molecular flexibility index (Phi) is 3.01. The number of aliphatic hydroxyl groups excluding tert-OH is 1. The SMILES string of the molecule is OCC1=CC2OC1c1c2c(O)n(-c2cccc(C(F)(F)F)c2)c1O. The molecule has 2 unspecified atom stereocenters. The minimum atomic E-state index is -4.54. The van der Waals surface area contributed by atoms with Crippen LogP contribution in [0.25, 0.3) is 5.69 Å². The molecule has 0 saturated carbocycles. The number of halogens is 3. The van der Waals surface area contributed by atoms with Crippen LogP contribution >= 0.6 is 0 Å². The van der Waals surface area contributed by atoms with Crippen LogP contribution in [0.1, 0.15) is 28.9 Å². The van der Waals surface area contributed by atoms with Crippen LogP contribution in [0.3, 0.4) is 0 Å². The molecule has 0 saturated heterocycles. The Hall–Kier alpha value is -2.45. The van der Waals surface area contributed by atoms with E-state index in [1.807, 2.05) is 0 Å². The molecule has 8 heteroatoms. The van der Waals surface area contributed by atoms with Gasteiger partial charge in [-0.05, 0) is 29.8 Å². The average molecular weight is 339 g/mol. The molecule has 0 aliphatic carbocycles. The van der Waals surface area contributed by atoms with Crippen LogP contribution in [-0.2, 0) is 10.9 Å². The molecular weight excluding hydrogens is 327 g/mol. The maximum absolute atomic E-state index is 12.9. The lowest BCUT2D eigenvalue weighted by Gasteiger charge is -2.13. The number of alkyl halides is 3. The van der Waals surface area contributed by atoms with E-state index in [-0.39, 0.29) is 23.7 Å². The third kappa shape index (κ3) is 1.90. The zero-order valence-electron chi connectivity index (χ0n) is 12.1. The van der Waals surface area contributed by atoms with E-state index in [0.717, 1.165) is 16.7 Å². The number of aliphatic hydroxyl groups is 1. The number of ether oxygens (including phenoxy) is 1. The molecule has 0 amide bonds. The molecule has 24 heavy (non-hydrogen) atoms. The highest BCUT2D eigenvalue weighted by Crippen LogP contribution is 2.57. The van der Waals surface area contributed by atoms with Gasteiger partial charge in [0.1, 0.15) is 12.2 Å². The summed E-state index contributed by atoms with van der Waals surface area (Å²) < 4.78 is 45.2. The van der Waals surface area contributed by atoms with E-state index in [9.17, 15) is 28.5 Å². The van der Waals surface area contributed by atoms with E-state index in [1.54, 1.807) is 6.08 Å². The number of aromatic hydroxyl groups is 2. The second kappa shape index (κ2) is 4.78. The molecule has 0 radical (unpaired) electrons. The molecule has 1 aromatic heterocycles. The summed E-state index contributed by atoms with van der Waals surface area (Å²) in [4.78, 5) is 0. The number of aromatic nitrogens is 1. The van der Waals surface area contributed by atoms with Gasteiger partial charge in [-0.25, -0.2) is 0 Å². The highest BCUT2D eigenvalue weighted by molar-refractivity contribution is 5.61. The second-order valence-corrected chi connectivity index (χ2v) is 5.69. The van der Waals surface area contributed by atoms with Crippen LogP contribution < -0.4 is 0 Å². The van der Waals surface area contributed by atoms with E-state index in [0.29, 0.717) is 11.1 Å². The smallest absolute Gasteiger partial charge is 0.416 e. The van der Waals surface area contributed by atoms with Gasteiger partial charge in [-0.15, -0.1) is 0 Å². The Morgan fingerprint density at radius 2 is 1.83 bits per heavy atom. The molecule has 5 nitrogen and oxygen atoms in total. The van der Waals surface area contributed by atoms with Crippen molar-refractivity contribution in [3.8, 4) is 17.4 Å². The molecule has 2 aliphatic heterocycles. The first-order valence-corrected chi connectivity index (χ1v) is 7.14. The van der Waals surface area contributed by atoms with E-state index < -0.39 is 29.8 Å². The summed E-state index contributed by atoms with van der Waals surface area (Å²) in [6, 6.07) is 4.31. The number of benzene rings is 1. The van der Waals surface area contributed by atoms with Crippen molar-refractivity contribution in [1.82, 2.24) is 4.57 Å². The summed E-state index contributed by atoms with van der Waals surface area (Å²) >= 11 is 0. The Labute approximate surface area is 133 Å². The maximum Gasteiger partial charge on any atom is 0.416 e. The summed E-state index contributed by atoms with van der Waals surface area (Å²) in [5, 5.41) is 30.2. The first-order chi connectivity index (χ1) is 11.3. The van der Waals surface area contributed by atoms with E-state index in [1.165, 1.54) is 12.1 Å². The van der Waals surface area contributed by atoms with Gasteiger partial charge in [0.05, 0.1) is 29.0 Å². The minimum absolute atomic E-state index is 0.0147.